The van der Waals surface area contributed by atoms with Crippen LogP contribution in [0.5, 0.6) is 11.5 Å². The van der Waals surface area contributed by atoms with E-state index in [4.69, 9.17) is 14.2 Å². The van der Waals surface area contributed by atoms with Crippen LogP contribution in [0.3, 0.4) is 0 Å². The minimum Gasteiger partial charge on any atom is -0.454 e. The Morgan fingerprint density at radius 2 is 2.09 bits per heavy atom. The fourth-order valence-corrected chi connectivity index (χ4v) is 3.65. The molecule has 0 aromatic heterocycles. The fraction of sp³-hybridized carbons (Fsp3) is 0.500. The van der Waals surface area contributed by atoms with Crippen LogP contribution in [-0.2, 0) is 9.53 Å². The molecular formula is C18H21NO4. The van der Waals surface area contributed by atoms with Crippen molar-refractivity contribution in [1.29, 1.82) is 0 Å². The quantitative estimate of drug-likeness (QED) is 0.787. The summed E-state index contributed by atoms with van der Waals surface area (Å²) in [6, 6.07) is 5.95. The standard InChI is InChI=1S/C18H21NO4/c20-18(19-9-2-10-21-15-4-1-3-14(15)19)8-6-13-5-7-16-17(11-13)23-12-22-16/h5-8,11,14-15H,1-4,9-10,12H2/b8-6+/t14-,15-/m1/s1. The smallest absolute Gasteiger partial charge is 0.246 e. The van der Waals surface area contributed by atoms with E-state index in [9.17, 15) is 4.79 Å². The highest BCUT2D eigenvalue weighted by atomic mass is 16.7. The van der Waals surface area contributed by atoms with Gasteiger partial charge >= 0.3 is 0 Å². The zero-order valence-corrected chi connectivity index (χ0v) is 13.1. The van der Waals surface area contributed by atoms with Gasteiger partial charge in [0.1, 0.15) is 0 Å². The average Bonchev–Trinajstić information content (AvgIpc) is 3.17. The Labute approximate surface area is 135 Å². The van der Waals surface area contributed by atoms with Crippen molar-refractivity contribution in [3.63, 3.8) is 0 Å². The van der Waals surface area contributed by atoms with Crippen LogP contribution < -0.4 is 9.47 Å². The summed E-state index contributed by atoms with van der Waals surface area (Å²) >= 11 is 0. The molecular weight excluding hydrogens is 294 g/mol. The first kappa shape index (κ1) is 14.6. The lowest BCUT2D eigenvalue weighted by atomic mass is 10.1. The topological polar surface area (TPSA) is 48.0 Å². The summed E-state index contributed by atoms with van der Waals surface area (Å²) in [6.45, 7) is 1.81. The van der Waals surface area contributed by atoms with Crippen LogP contribution in [0.2, 0.25) is 0 Å². The Hall–Kier alpha value is -2.01. The normalized spacial score (nSPS) is 26.3. The highest BCUT2D eigenvalue weighted by Crippen LogP contribution is 2.33. The third-order valence-electron chi connectivity index (χ3n) is 4.79. The highest BCUT2D eigenvalue weighted by molar-refractivity contribution is 5.92. The number of carbonyl (C=O) groups is 1. The van der Waals surface area contributed by atoms with Gasteiger partial charge in [-0.05, 0) is 49.5 Å². The van der Waals surface area contributed by atoms with E-state index < -0.39 is 0 Å². The molecule has 0 radical (unpaired) electrons. The van der Waals surface area contributed by atoms with E-state index in [1.807, 2.05) is 29.2 Å². The second-order valence-electron chi connectivity index (χ2n) is 6.24. The van der Waals surface area contributed by atoms with Crippen LogP contribution in [0.4, 0.5) is 0 Å². The van der Waals surface area contributed by atoms with E-state index in [-0.39, 0.29) is 24.8 Å². The lowest BCUT2D eigenvalue weighted by Gasteiger charge is -2.29. The number of nitrogens with zero attached hydrogens (tertiary/aromatic N) is 1. The molecule has 2 aliphatic heterocycles. The number of amides is 1. The van der Waals surface area contributed by atoms with Gasteiger partial charge in [-0.15, -0.1) is 0 Å². The molecule has 1 saturated carbocycles. The molecule has 1 amide bonds. The van der Waals surface area contributed by atoms with Crippen molar-refractivity contribution >= 4 is 12.0 Å². The zero-order chi connectivity index (χ0) is 15.6. The van der Waals surface area contributed by atoms with Gasteiger partial charge in [-0.2, -0.15) is 0 Å². The van der Waals surface area contributed by atoms with Crippen LogP contribution in [0.15, 0.2) is 24.3 Å². The Morgan fingerprint density at radius 1 is 1.17 bits per heavy atom. The van der Waals surface area contributed by atoms with Crippen molar-refractivity contribution in [2.75, 3.05) is 19.9 Å². The molecule has 2 heterocycles. The van der Waals surface area contributed by atoms with E-state index >= 15 is 0 Å². The first-order valence-electron chi connectivity index (χ1n) is 8.31. The van der Waals surface area contributed by atoms with Crippen molar-refractivity contribution in [2.24, 2.45) is 0 Å². The molecule has 5 nitrogen and oxygen atoms in total. The molecule has 0 N–H and O–H groups in total. The fourth-order valence-electron chi connectivity index (χ4n) is 3.65. The molecule has 0 bridgehead atoms. The molecule has 2 fully saturated rings. The van der Waals surface area contributed by atoms with Crippen molar-refractivity contribution in [1.82, 2.24) is 4.90 Å². The Morgan fingerprint density at radius 3 is 3.04 bits per heavy atom. The van der Waals surface area contributed by atoms with Gasteiger partial charge in [0, 0.05) is 19.2 Å². The van der Waals surface area contributed by atoms with Gasteiger partial charge in [0.15, 0.2) is 11.5 Å². The summed E-state index contributed by atoms with van der Waals surface area (Å²) in [5.74, 6) is 1.57. The molecule has 1 aliphatic carbocycles. The molecule has 1 aromatic carbocycles. The maximum atomic E-state index is 12.6. The van der Waals surface area contributed by atoms with Gasteiger partial charge in [0.05, 0.1) is 12.1 Å². The zero-order valence-electron chi connectivity index (χ0n) is 13.1. The number of hydrogen-bond donors (Lipinski definition) is 0. The molecule has 4 rings (SSSR count). The summed E-state index contributed by atoms with van der Waals surface area (Å²) in [5, 5.41) is 0. The monoisotopic (exact) mass is 315 g/mol. The van der Waals surface area contributed by atoms with E-state index in [2.05, 4.69) is 0 Å². The lowest BCUT2D eigenvalue weighted by Crippen LogP contribution is -2.43. The number of ether oxygens (including phenoxy) is 3. The van der Waals surface area contributed by atoms with Crippen LogP contribution >= 0.6 is 0 Å². The van der Waals surface area contributed by atoms with Crippen molar-refractivity contribution in [3.05, 3.63) is 29.8 Å². The first-order chi connectivity index (χ1) is 11.3. The van der Waals surface area contributed by atoms with E-state index in [1.165, 1.54) is 0 Å². The minimum atomic E-state index is 0.0741. The Bertz CT molecular complexity index is 627. The van der Waals surface area contributed by atoms with Crippen LogP contribution in [-0.4, -0.2) is 42.9 Å². The number of benzene rings is 1. The molecule has 122 valence electrons. The Kier molecular flexibility index (Phi) is 3.95. The first-order valence-corrected chi connectivity index (χ1v) is 8.31. The summed E-state index contributed by atoms with van der Waals surface area (Å²) in [5.41, 5.74) is 0.941. The molecule has 23 heavy (non-hydrogen) atoms. The number of hydrogen-bond acceptors (Lipinski definition) is 4. The van der Waals surface area contributed by atoms with E-state index in [0.29, 0.717) is 0 Å². The minimum absolute atomic E-state index is 0.0741. The van der Waals surface area contributed by atoms with Crippen LogP contribution in [0.25, 0.3) is 6.08 Å². The maximum Gasteiger partial charge on any atom is 0.246 e. The molecule has 2 atom stereocenters. The molecule has 1 saturated heterocycles. The molecule has 3 aliphatic rings. The number of rotatable bonds is 2. The van der Waals surface area contributed by atoms with Gasteiger partial charge in [-0.25, -0.2) is 0 Å². The van der Waals surface area contributed by atoms with Crippen LogP contribution in [0.1, 0.15) is 31.2 Å². The summed E-state index contributed by atoms with van der Waals surface area (Å²) in [4.78, 5) is 14.6. The van der Waals surface area contributed by atoms with E-state index in [1.54, 1.807) is 6.08 Å². The van der Waals surface area contributed by atoms with E-state index in [0.717, 1.165) is 55.9 Å². The predicted molar refractivity (Wildman–Crippen MR) is 85.3 cm³/mol. The predicted octanol–water partition coefficient (Wildman–Crippen LogP) is 2.60. The molecule has 5 heteroatoms. The number of fused-ring (bicyclic) bond motifs is 2. The largest absolute Gasteiger partial charge is 0.454 e. The van der Waals surface area contributed by atoms with Gasteiger partial charge < -0.3 is 19.1 Å². The van der Waals surface area contributed by atoms with Crippen molar-refractivity contribution in [3.8, 4) is 11.5 Å². The third-order valence-corrected chi connectivity index (χ3v) is 4.79. The van der Waals surface area contributed by atoms with Gasteiger partial charge in [0.2, 0.25) is 12.7 Å². The maximum absolute atomic E-state index is 12.6. The average molecular weight is 315 g/mol. The van der Waals surface area contributed by atoms with Crippen LogP contribution in [0, 0.1) is 0 Å². The summed E-state index contributed by atoms with van der Waals surface area (Å²) < 4.78 is 16.5. The van der Waals surface area contributed by atoms with Crippen molar-refractivity contribution < 1.29 is 19.0 Å². The number of carbonyl (C=O) groups excluding carboxylic acids is 1. The molecule has 0 unspecified atom stereocenters. The Balaban J connectivity index is 1.48. The SMILES string of the molecule is O=C(/C=C/c1ccc2c(c1)OCO2)N1CCCO[C@@H]2CCC[C@H]21. The van der Waals surface area contributed by atoms with Gasteiger partial charge in [-0.1, -0.05) is 6.07 Å². The lowest BCUT2D eigenvalue weighted by molar-refractivity contribution is -0.129. The van der Waals surface area contributed by atoms with Crippen molar-refractivity contribution in [2.45, 2.75) is 37.8 Å². The third kappa shape index (κ3) is 2.93. The van der Waals surface area contributed by atoms with Gasteiger partial charge in [-0.3, -0.25) is 4.79 Å². The second kappa shape index (κ2) is 6.24. The molecule has 0 spiro atoms. The summed E-state index contributed by atoms with van der Waals surface area (Å²) in [7, 11) is 0. The van der Waals surface area contributed by atoms with Gasteiger partial charge in [0.25, 0.3) is 0 Å². The molecule has 1 aromatic rings. The second-order valence-corrected chi connectivity index (χ2v) is 6.24. The highest BCUT2D eigenvalue weighted by Gasteiger charge is 2.36. The summed E-state index contributed by atoms with van der Waals surface area (Å²) in [6.07, 6.45) is 7.91.